The number of thiazole rings is 1. The lowest BCUT2D eigenvalue weighted by atomic mass is 10.1. The van der Waals surface area contributed by atoms with Crippen molar-refractivity contribution >= 4 is 17.2 Å². The standard InChI is InChI=1S/C22H26N6O2S/c1-13(2)28-21(24-12-25-28)22-26-19-15-6-5-14(10-17(15)30-9-7-18(19)31-22)11-27-8-3-4-16(27)20(23)29/h5-6,10,12-13,16H,3-4,7-9,11H2,1-2H3,(H2,23,29)/t16-/m0/s1. The van der Waals surface area contributed by atoms with Crippen molar-refractivity contribution in [2.24, 2.45) is 5.73 Å². The molecule has 0 bridgehead atoms. The minimum absolute atomic E-state index is 0.175. The fourth-order valence-corrected chi connectivity index (χ4v) is 5.46. The Bertz CT molecular complexity index is 1120. The predicted molar refractivity (Wildman–Crippen MR) is 119 cm³/mol. The van der Waals surface area contributed by atoms with E-state index < -0.39 is 0 Å². The molecule has 1 saturated heterocycles. The van der Waals surface area contributed by atoms with Gasteiger partial charge in [0.15, 0.2) is 10.8 Å². The van der Waals surface area contributed by atoms with Crippen LogP contribution in [0.3, 0.4) is 0 Å². The maximum Gasteiger partial charge on any atom is 0.234 e. The van der Waals surface area contributed by atoms with Crippen LogP contribution in [0.4, 0.5) is 0 Å². The van der Waals surface area contributed by atoms with Gasteiger partial charge >= 0.3 is 0 Å². The van der Waals surface area contributed by atoms with E-state index in [4.69, 9.17) is 15.5 Å². The molecule has 9 heteroatoms. The summed E-state index contributed by atoms with van der Waals surface area (Å²) < 4.78 is 7.99. The lowest BCUT2D eigenvalue weighted by molar-refractivity contribution is -0.122. The lowest BCUT2D eigenvalue weighted by Crippen LogP contribution is -2.39. The molecule has 1 atom stereocenters. The molecule has 0 radical (unpaired) electrons. The first-order chi connectivity index (χ1) is 15.0. The summed E-state index contributed by atoms with van der Waals surface area (Å²) >= 11 is 1.66. The average Bonchev–Trinajstić information content (AvgIpc) is 3.46. The average molecular weight is 439 g/mol. The maximum atomic E-state index is 11.7. The third kappa shape index (κ3) is 3.72. The van der Waals surface area contributed by atoms with Gasteiger partial charge in [0.05, 0.1) is 18.3 Å². The Morgan fingerprint density at radius 2 is 2.26 bits per heavy atom. The number of likely N-dealkylation sites (tertiary alicyclic amines) is 1. The highest BCUT2D eigenvalue weighted by atomic mass is 32.1. The van der Waals surface area contributed by atoms with Crippen molar-refractivity contribution in [3.8, 4) is 27.8 Å². The van der Waals surface area contributed by atoms with Gasteiger partial charge in [0.1, 0.15) is 12.1 Å². The van der Waals surface area contributed by atoms with Crippen LogP contribution in [0, 0.1) is 0 Å². The highest BCUT2D eigenvalue weighted by Crippen LogP contribution is 2.40. The number of hydrogen-bond acceptors (Lipinski definition) is 7. The number of rotatable bonds is 5. The quantitative estimate of drug-likeness (QED) is 0.657. The number of nitrogens with zero attached hydrogens (tertiary/aromatic N) is 5. The first kappa shape index (κ1) is 20.1. The van der Waals surface area contributed by atoms with Crippen LogP contribution in [0.5, 0.6) is 5.75 Å². The molecule has 8 nitrogen and oxygen atoms in total. The van der Waals surface area contributed by atoms with Gasteiger partial charge in [0.2, 0.25) is 5.91 Å². The highest BCUT2D eigenvalue weighted by molar-refractivity contribution is 7.15. The normalized spacial score (nSPS) is 18.5. The molecular formula is C22H26N6O2S. The summed E-state index contributed by atoms with van der Waals surface area (Å²) in [5, 5.41) is 5.23. The molecule has 2 N–H and O–H groups in total. The Hall–Kier alpha value is -2.78. The smallest absolute Gasteiger partial charge is 0.234 e. The first-order valence-corrected chi connectivity index (χ1v) is 11.5. The molecule has 0 spiro atoms. The summed E-state index contributed by atoms with van der Waals surface area (Å²) in [6, 6.07) is 6.31. The maximum absolute atomic E-state index is 11.7. The van der Waals surface area contributed by atoms with Gasteiger partial charge in [-0.15, -0.1) is 11.3 Å². The molecule has 0 aliphatic carbocycles. The molecule has 3 aromatic rings. The van der Waals surface area contributed by atoms with Crippen molar-refractivity contribution < 1.29 is 9.53 Å². The third-order valence-corrected chi connectivity index (χ3v) is 7.03. The van der Waals surface area contributed by atoms with E-state index in [9.17, 15) is 4.79 Å². The summed E-state index contributed by atoms with van der Waals surface area (Å²) in [6.45, 7) is 6.36. The van der Waals surface area contributed by atoms with Crippen molar-refractivity contribution in [1.29, 1.82) is 0 Å². The van der Waals surface area contributed by atoms with Crippen molar-refractivity contribution in [2.75, 3.05) is 13.2 Å². The molecule has 2 aliphatic heterocycles. The molecule has 2 aliphatic rings. The Labute approximate surface area is 185 Å². The summed E-state index contributed by atoms with van der Waals surface area (Å²) in [4.78, 5) is 24.5. The molecule has 0 saturated carbocycles. The van der Waals surface area contributed by atoms with Gasteiger partial charge in [0.25, 0.3) is 0 Å². The lowest BCUT2D eigenvalue weighted by Gasteiger charge is -2.22. The van der Waals surface area contributed by atoms with E-state index in [1.807, 2.05) is 4.68 Å². The number of nitrogens with two attached hydrogens (primary N) is 1. The molecule has 2 aromatic heterocycles. The minimum Gasteiger partial charge on any atom is -0.492 e. The topological polar surface area (TPSA) is 99.2 Å². The van der Waals surface area contributed by atoms with Crippen LogP contribution in [-0.4, -0.2) is 49.7 Å². The van der Waals surface area contributed by atoms with Crippen LogP contribution in [0.25, 0.3) is 22.1 Å². The van der Waals surface area contributed by atoms with Crippen molar-refractivity contribution in [3.63, 3.8) is 0 Å². The molecule has 5 rings (SSSR count). The molecule has 0 unspecified atom stereocenters. The van der Waals surface area contributed by atoms with E-state index in [2.05, 4.69) is 47.0 Å². The minimum atomic E-state index is -0.239. The Kier molecular flexibility index (Phi) is 5.23. The number of carbonyl (C=O) groups is 1. The van der Waals surface area contributed by atoms with Gasteiger partial charge in [-0.1, -0.05) is 6.07 Å². The van der Waals surface area contributed by atoms with Gasteiger partial charge in [0, 0.05) is 29.4 Å². The van der Waals surface area contributed by atoms with E-state index >= 15 is 0 Å². The molecule has 1 amide bonds. The summed E-state index contributed by atoms with van der Waals surface area (Å²) in [5.41, 5.74) is 8.66. The first-order valence-electron chi connectivity index (χ1n) is 10.7. The number of benzene rings is 1. The third-order valence-electron chi connectivity index (χ3n) is 5.92. The van der Waals surface area contributed by atoms with E-state index in [1.165, 1.54) is 4.88 Å². The van der Waals surface area contributed by atoms with Crippen LogP contribution in [-0.2, 0) is 17.8 Å². The molecular weight excluding hydrogens is 412 g/mol. The van der Waals surface area contributed by atoms with Gasteiger partial charge in [-0.2, -0.15) is 5.10 Å². The van der Waals surface area contributed by atoms with Crippen LogP contribution >= 0.6 is 11.3 Å². The van der Waals surface area contributed by atoms with Gasteiger partial charge in [-0.25, -0.2) is 14.6 Å². The molecule has 1 aromatic carbocycles. The van der Waals surface area contributed by atoms with Crippen LogP contribution in [0.1, 0.15) is 43.2 Å². The fraction of sp³-hybridized carbons (Fsp3) is 0.455. The second-order valence-corrected chi connectivity index (χ2v) is 9.46. The predicted octanol–water partition coefficient (Wildman–Crippen LogP) is 3.03. The number of aromatic nitrogens is 4. The highest BCUT2D eigenvalue weighted by Gasteiger charge is 2.29. The Morgan fingerprint density at radius 3 is 3.06 bits per heavy atom. The van der Waals surface area contributed by atoms with Gasteiger partial charge in [-0.05, 0) is 50.9 Å². The van der Waals surface area contributed by atoms with E-state index in [0.29, 0.717) is 13.2 Å². The second-order valence-electron chi connectivity index (χ2n) is 8.37. The largest absolute Gasteiger partial charge is 0.492 e. The number of primary amides is 1. The molecule has 4 heterocycles. The zero-order valence-corrected chi connectivity index (χ0v) is 18.6. The number of fused-ring (bicyclic) bond motifs is 3. The zero-order valence-electron chi connectivity index (χ0n) is 17.7. The summed E-state index contributed by atoms with van der Waals surface area (Å²) in [6.07, 6.45) is 4.23. The number of ether oxygens (including phenoxy) is 1. The fourth-order valence-electron chi connectivity index (χ4n) is 4.41. The van der Waals surface area contributed by atoms with E-state index in [0.717, 1.165) is 59.2 Å². The van der Waals surface area contributed by atoms with Crippen molar-refractivity contribution in [3.05, 3.63) is 35.0 Å². The van der Waals surface area contributed by atoms with Gasteiger partial charge < -0.3 is 10.5 Å². The van der Waals surface area contributed by atoms with E-state index in [1.54, 1.807) is 17.7 Å². The SMILES string of the molecule is CC(C)n1ncnc1-c1nc2c(s1)CCOc1cc(CN3CCC[C@H]3C(N)=O)ccc1-2. The summed E-state index contributed by atoms with van der Waals surface area (Å²) in [5.74, 6) is 1.41. The van der Waals surface area contributed by atoms with Crippen molar-refractivity contribution in [2.45, 2.75) is 51.7 Å². The monoisotopic (exact) mass is 438 g/mol. The Balaban J connectivity index is 1.46. The summed E-state index contributed by atoms with van der Waals surface area (Å²) in [7, 11) is 0. The number of amides is 1. The molecule has 1 fully saturated rings. The van der Waals surface area contributed by atoms with Crippen molar-refractivity contribution in [1.82, 2.24) is 24.6 Å². The van der Waals surface area contributed by atoms with Crippen LogP contribution in [0.2, 0.25) is 0 Å². The number of carbonyl (C=O) groups excluding carboxylic acids is 1. The van der Waals surface area contributed by atoms with E-state index in [-0.39, 0.29) is 18.0 Å². The van der Waals surface area contributed by atoms with Crippen LogP contribution < -0.4 is 10.5 Å². The molecule has 31 heavy (non-hydrogen) atoms. The Morgan fingerprint density at radius 1 is 1.39 bits per heavy atom. The van der Waals surface area contributed by atoms with Gasteiger partial charge in [-0.3, -0.25) is 9.69 Å². The number of hydrogen-bond donors (Lipinski definition) is 1. The molecule has 162 valence electrons. The zero-order chi connectivity index (χ0) is 21.5. The van der Waals surface area contributed by atoms with Crippen LogP contribution in [0.15, 0.2) is 24.5 Å². The second kappa shape index (κ2) is 8.05.